The van der Waals surface area contributed by atoms with E-state index in [1.54, 1.807) is 24.4 Å². The first kappa shape index (κ1) is 14.4. The first-order valence-corrected chi connectivity index (χ1v) is 7.36. The maximum Gasteiger partial charge on any atom is 0.289 e. The Morgan fingerprint density at radius 2 is 2.36 bits per heavy atom. The highest BCUT2D eigenvalue weighted by molar-refractivity contribution is 5.91. The van der Waals surface area contributed by atoms with Crippen molar-refractivity contribution in [3.05, 3.63) is 36.4 Å². The molecule has 1 atom stereocenters. The number of nitrogens with one attached hydrogen (secondary N) is 2. The summed E-state index contributed by atoms with van der Waals surface area (Å²) in [4.78, 5) is 22.7. The molecule has 116 valence electrons. The van der Waals surface area contributed by atoms with Gasteiger partial charge in [-0.25, -0.2) is 4.98 Å². The third kappa shape index (κ3) is 3.19. The fourth-order valence-electron chi connectivity index (χ4n) is 2.59. The predicted octanol–water partition coefficient (Wildman–Crippen LogP) is 1.83. The summed E-state index contributed by atoms with van der Waals surface area (Å²) in [5.74, 6) is 1.65. The van der Waals surface area contributed by atoms with Gasteiger partial charge in [0.05, 0.1) is 6.26 Å². The van der Waals surface area contributed by atoms with E-state index in [1.165, 1.54) is 6.26 Å². The Kier molecular flexibility index (Phi) is 4.22. The SMILES string of the molecule is CNc1ccnc(N[C@H]2CCCN(C(=O)c3ccco3)C2)n1. The Balaban J connectivity index is 1.64. The number of piperidine rings is 1. The van der Waals surface area contributed by atoms with E-state index in [1.807, 2.05) is 11.9 Å². The van der Waals surface area contributed by atoms with Gasteiger partial charge < -0.3 is 20.0 Å². The first-order valence-electron chi connectivity index (χ1n) is 7.36. The van der Waals surface area contributed by atoms with Gasteiger partial charge in [-0.1, -0.05) is 0 Å². The lowest BCUT2D eigenvalue weighted by atomic mass is 10.1. The molecule has 2 aromatic rings. The topological polar surface area (TPSA) is 83.3 Å². The number of nitrogens with zero attached hydrogens (tertiary/aromatic N) is 3. The van der Waals surface area contributed by atoms with Gasteiger partial charge in [0.25, 0.3) is 5.91 Å². The van der Waals surface area contributed by atoms with Crippen molar-refractivity contribution in [3.8, 4) is 0 Å². The number of carbonyl (C=O) groups is 1. The highest BCUT2D eigenvalue weighted by Gasteiger charge is 2.26. The van der Waals surface area contributed by atoms with Crippen molar-refractivity contribution in [1.82, 2.24) is 14.9 Å². The quantitative estimate of drug-likeness (QED) is 0.896. The van der Waals surface area contributed by atoms with E-state index >= 15 is 0 Å². The molecule has 0 unspecified atom stereocenters. The van der Waals surface area contributed by atoms with Gasteiger partial charge in [-0.05, 0) is 31.0 Å². The average molecular weight is 301 g/mol. The molecular weight excluding hydrogens is 282 g/mol. The van der Waals surface area contributed by atoms with Gasteiger partial charge in [0, 0.05) is 32.4 Å². The Morgan fingerprint density at radius 1 is 1.45 bits per heavy atom. The van der Waals surface area contributed by atoms with Crippen LogP contribution in [-0.2, 0) is 0 Å². The number of aromatic nitrogens is 2. The Labute approximate surface area is 128 Å². The lowest BCUT2D eigenvalue weighted by molar-refractivity contribution is 0.0682. The summed E-state index contributed by atoms with van der Waals surface area (Å²) in [5.41, 5.74) is 0. The third-order valence-corrected chi connectivity index (χ3v) is 3.69. The molecule has 1 saturated heterocycles. The number of rotatable bonds is 4. The molecule has 2 N–H and O–H groups in total. The van der Waals surface area contributed by atoms with Crippen LogP contribution in [-0.4, -0.2) is 47.0 Å². The van der Waals surface area contributed by atoms with E-state index in [9.17, 15) is 4.79 Å². The molecular formula is C15H19N5O2. The number of carbonyl (C=O) groups excluding carboxylic acids is 1. The lowest BCUT2D eigenvalue weighted by Gasteiger charge is -2.32. The van der Waals surface area contributed by atoms with Gasteiger partial charge in [0.1, 0.15) is 5.82 Å². The largest absolute Gasteiger partial charge is 0.459 e. The van der Waals surface area contributed by atoms with Crippen molar-refractivity contribution >= 4 is 17.7 Å². The zero-order valence-corrected chi connectivity index (χ0v) is 12.5. The second kappa shape index (κ2) is 6.46. The summed E-state index contributed by atoms with van der Waals surface area (Å²) in [7, 11) is 1.82. The fourth-order valence-corrected chi connectivity index (χ4v) is 2.59. The Morgan fingerprint density at radius 3 is 3.14 bits per heavy atom. The van der Waals surface area contributed by atoms with Crippen LogP contribution in [0.15, 0.2) is 35.1 Å². The predicted molar refractivity (Wildman–Crippen MR) is 82.8 cm³/mol. The molecule has 0 spiro atoms. The maximum absolute atomic E-state index is 12.3. The van der Waals surface area contributed by atoms with Gasteiger partial charge in [0.15, 0.2) is 5.76 Å². The summed E-state index contributed by atoms with van der Waals surface area (Å²) in [6.07, 6.45) is 5.14. The van der Waals surface area contributed by atoms with Gasteiger partial charge in [0.2, 0.25) is 5.95 Å². The minimum atomic E-state index is -0.0682. The molecule has 0 saturated carbocycles. The Hall–Kier alpha value is -2.57. The summed E-state index contributed by atoms with van der Waals surface area (Å²) >= 11 is 0. The van der Waals surface area contributed by atoms with E-state index in [4.69, 9.17) is 4.42 Å². The van der Waals surface area contributed by atoms with Crippen LogP contribution in [0, 0.1) is 0 Å². The average Bonchev–Trinajstić information content (AvgIpc) is 3.09. The molecule has 0 aliphatic carbocycles. The maximum atomic E-state index is 12.3. The zero-order valence-electron chi connectivity index (χ0n) is 12.5. The van der Waals surface area contributed by atoms with Crippen LogP contribution in [0.2, 0.25) is 0 Å². The smallest absolute Gasteiger partial charge is 0.289 e. The van der Waals surface area contributed by atoms with E-state index in [2.05, 4.69) is 20.6 Å². The molecule has 3 heterocycles. The molecule has 0 bridgehead atoms. The normalized spacial score (nSPS) is 18.0. The number of amides is 1. The van der Waals surface area contributed by atoms with Crippen molar-refractivity contribution < 1.29 is 9.21 Å². The van der Waals surface area contributed by atoms with Crippen LogP contribution >= 0.6 is 0 Å². The highest BCUT2D eigenvalue weighted by atomic mass is 16.3. The summed E-state index contributed by atoms with van der Waals surface area (Å²) in [5, 5.41) is 6.28. The van der Waals surface area contributed by atoms with Gasteiger partial charge in [-0.15, -0.1) is 0 Å². The third-order valence-electron chi connectivity index (χ3n) is 3.69. The van der Waals surface area contributed by atoms with E-state index < -0.39 is 0 Å². The molecule has 7 nitrogen and oxygen atoms in total. The number of hydrogen-bond donors (Lipinski definition) is 2. The van der Waals surface area contributed by atoms with Crippen molar-refractivity contribution in [2.24, 2.45) is 0 Å². The molecule has 7 heteroatoms. The summed E-state index contributed by atoms with van der Waals surface area (Å²) in [6.45, 7) is 1.36. The van der Waals surface area contributed by atoms with Crippen molar-refractivity contribution in [3.63, 3.8) is 0 Å². The molecule has 0 aromatic carbocycles. The minimum absolute atomic E-state index is 0.0682. The lowest BCUT2D eigenvalue weighted by Crippen LogP contribution is -2.45. The Bertz CT molecular complexity index is 629. The monoisotopic (exact) mass is 301 g/mol. The van der Waals surface area contributed by atoms with E-state index in [-0.39, 0.29) is 11.9 Å². The number of likely N-dealkylation sites (tertiary alicyclic amines) is 1. The molecule has 22 heavy (non-hydrogen) atoms. The van der Waals surface area contributed by atoms with Crippen LogP contribution in [0.1, 0.15) is 23.4 Å². The van der Waals surface area contributed by atoms with Gasteiger partial charge in [-0.3, -0.25) is 4.79 Å². The zero-order chi connectivity index (χ0) is 15.4. The van der Waals surface area contributed by atoms with Crippen molar-refractivity contribution in [2.75, 3.05) is 30.8 Å². The van der Waals surface area contributed by atoms with Gasteiger partial charge >= 0.3 is 0 Å². The minimum Gasteiger partial charge on any atom is -0.459 e. The molecule has 0 radical (unpaired) electrons. The number of furan rings is 1. The first-order chi connectivity index (χ1) is 10.8. The van der Waals surface area contributed by atoms with Crippen molar-refractivity contribution in [1.29, 1.82) is 0 Å². The van der Waals surface area contributed by atoms with E-state index in [0.717, 1.165) is 25.2 Å². The number of hydrogen-bond acceptors (Lipinski definition) is 6. The molecule has 3 rings (SSSR count). The molecule has 1 fully saturated rings. The van der Waals surface area contributed by atoms with Crippen LogP contribution in [0.25, 0.3) is 0 Å². The fraction of sp³-hybridized carbons (Fsp3) is 0.400. The van der Waals surface area contributed by atoms with Crippen LogP contribution in [0.3, 0.4) is 0 Å². The molecule has 2 aromatic heterocycles. The summed E-state index contributed by atoms with van der Waals surface area (Å²) in [6, 6.07) is 5.36. The molecule has 1 aliphatic heterocycles. The van der Waals surface area contributed by atoms with Crippen LogP contribution in [0.5, 0.6) is 0 Å². The van der Waals surface area contributed by atoms with Crippen LogP contribution < -0.4 is 10.6 Å². The second-order valence-corrected chi connectivity index (χ2v) is 5.23. The number of anilines is 2. The highest BCUT2D eigenvalue weighted by Crippen LogP contribution is 2.17. The molecule has 1 aliphatic rings. The summed E-state index contributed by atoms with van der Waals surface area (Å²) < 4.78 is 5.19. The van der Waals surface area contributed by atoms with Crippen molar-refractivity contribution in [2.45, 2.75) is 18.9 Å². The molecule has 1 amide bonds. The second-order valence-electron chi connectivity index (χ2n) is 5.23. The van der Waals surface area contributed by atoms with Gasteiger partial charge in [-0.2, -0.15) is 4.98 Å². The standard InChI is InChI=1S/C15H19N5O2/c1-16-13-6-7-17-15(19-13)18-11-4-2-8-20(10-11)14(21)12-5-3-9-22-12/h3,5-7,9,11H,2,4,8,10H2,1H3,(H2,16,17,18,19)/t11-/m0/s1. The van der Waals surface area contributed by atoms with Crippen LogP contribution in [0.4, 0.5) is 11.8 Å². The van der Waals surface area contributed by atoms with E-state index in [0.29, 0.717) is 18.3 Å².